The Morgan fingerprint density at radius 3 is 2.78 bits per heavy atom. The quantitative estimate of drug-likeness (QED) is 0.358. The molecular weight excluding hydrogens is 432 g/mol. The monoisotopic (exact) mass is 444 g/mol. The molecule has 4 rings (SSSR count). The van der Waals surface area contributed by atoms with Crippen LogP contribution in [0.3, 0.4) is 0 Å². The lowest BCUT2D eigenvalue weighted by atomic mass is 10.2. The summed E-state index contributed by atoms with van der Waals surface area (Å²) in [5.74, 6) is 0.271. The van der Waals surface area contributed by atoms with Gasteiger partial charge in [0.15, 0.2) is 16.5 Å². The van der Waals surface area contributed by atoms with E-state index in [-0.39, 0.29) is 5.56 Å². The molecule has 0 radical (unpaired) electrons. The lowest BCUT2D eigenvalue weighted by Gasteiger charge is -2.10. The van der Waals surface area contributed by atoms with Gasteiger partial charge in [0.05, 0.1) is 22.7 Å². The second-order valence-corrected chi connectivity index (χ2v) is 7.62. The number of thiazole rings is 1. The Bertz CT molecular complexity index is 1310. The maximum atomic E-state index is 12.9. The average Bonchev–Trinajstić information content (AvgIpc) is 3.13. The van der Waals surface area contributed by atoms with E-state index < -0.39 is 5.97 Å². The SMILES string of the molecule is COc1cc(/C=c2/sc3nc4ccccc4n3c2=O)c(Br)cc1OC(C)=O. The van der Waals surface area contributed by atoms with Gasteiger partial charge in [-0.05, 0) is 35.9 Å². The van der Waals surface area contributed by atoms with Crippen molar-refractivity contribution in [1.29, 1.82) is 0 Å². The molecule has 0 aliphatic carbocycles. The van der Waals surface area contributed by atoms with Gasteiger partial charge in [-0.3, -0.25) is 9.59 Å². The zero-order valence-corrected chi connectivity index (χ0v) is 16.8. The Balaban J connectivity index is 1.90. The van der Waals surface area contributed by atoms with Crippen LogP contribution >= 0.6 is 27.3 Å². The third-order valence-corrected chi connectivity index (χ3v) is 5.62. The largest absolute Gasteiger partial charge is 0.493 e. The molecule has 27 heavy (non-hydrogen) atoms. The van der Waals surface area contributed by atoms with Crippen molar-refractivity contribution in [2.24, 2.45) is 0 Å². The standard InChI is InChI=1S/C19H13BrN2O4S/c1-10(23)26-16-9-12(20)11(7-15(16)25-2)8-17-18(24)22-14-6-4-3-5-13(14)21-19(22)27-17/h3-9H,1-2H3/b17-8+. The molecule has 136 valence electrons. The number of fused-ring (bicyclic) bond motifs is 3. The molecule has 6 nitrogen and oxygen atoms in total. The Kier molecular flexibility index (Phi) is 4.45. The van der Waals surface area contributed by atoms with E-state index in [1.54, 1.807) is 22.6 Å². The Labute approximate surface area is 165 Å². The third-order valence-electron chi connectivity index (χ3n) is 3.97. The fraction of sp³-hybridized carbons (Fsp3) is 0.105. The van der Waals surface area contributed by atoms with Crippen LogP contribution in [-0.2, 0) is 4.79 Å². The number of ether oxygens (including phenoxy) is 2. The fourth-order valence-electron chi connectivity index (χ4n) is 2.81. The summed E-state index contributed by atoms with van der Waals surface area (Å²) in [5, 5.41) is 0. The summed E-state index contributed by atoms with van der Waals surface area (Å²) < 4.78 is 13.3. The highest BCUT2D eigenvalue weighted by atomic mass is 79.9. The Morgan fingerprint density at radius 2 is 2.04 bits per heavy atom. The highest BCUT2D eigenvalue weighted by Crippen LogP contribution is 2.34. The molecule has 0 saturated heterocycles. The molecule has 0 aliphatic heterocycles. The van der Waals surface area contributed by atoms with Crippen LogP contribution in [-0.4, -0.2) is 22.5 Å². The van der Waals surface area contributed by atoms with Crippen LogP contribution in [0.25, 0.3) is 22.1 Å². The molecule has 0 saturated carbocycles. The summed E-state index contributed by atoms with van der Waals surface area (Å²) in [6, 6.07) is 10.9. The van der Waals surface area contributed by atoms with Crippen molar-refractivity contribution in [1.82, 2.24) is 9.38 Å². The van der Waals surface area contributed by atoms with E-state index in [1.165, 1.54) is 25.4 Å². The highest BCUT2D eigenvalue weighted by molar-refractivity contribution is 9.10. The molecule has 2 heterocycles. The van der Waals surface area contributed by atoms with Gasteiger partial charge in [-0.15, -0.1) is 0 Å². The Hall–Kier alpha value is -2.71. The average molecular weight is 445 g/mol. The number of imidazole rings is 1. The van der Waals surface area contributed by atoms with E-state index in [4.69, 9.17) is 9.47 Å². The molecule has 0 atom stereocenters. The first kappa shape index (κ1) is 17.7. The second-order valence-electron chi connectivity index (χ2n) is 5.75. The summed E-state index contributed by atoms with van der Waals surface area (Å²) in [6.07, 6.45) is 1.76. The summed E-state index contributed by atoms with van der Waals surface area (Å²) in [6.45, 7) is 1.32. The van der Waals surface area contributed by atoms with Crippen LogP contribution < -0.4 is 19.6 Å². The molecule has 2 aromatic carbocycles. The van der Waals surface area contributed by atoms with Crippen LogP contribution in [0.1, 0.15) is 12.5 Å². The minimum absolute atomic E-state index is 0.126. The predicted octanol–water partition coefficient (Wildman–Crippen LogP) is 3.15. The summed E-state index contributed by atoms with van der Waals surface area (Å²) in [5.41, 5.74) is 2.18. The summed E-state index contributed by atoms with van der Waals surface area (Å²) in [4.78, 5) is 29.3. The lowest BCUT2D eigenvalue weighted by molar-refractivity contribution is -0.132. The molecule has 0 N–H and O–H groups in total. The van der Waals surface area contributed by atoms with Gasteiger partial charge >= 0.3 is 5.97 Å². The van der Waals surface area contributed by atoms with Gasteiger partial charge in [0, 0.05) is 11.4 Å². The molecule has 0 amide bonds. The number of hydrogen-bond donors (Lipinski definition) is 0. The summed E-state index contributed by atoms with van der Waals surface area (Å²) in [7, 11) is 1.49. The van der Waals surface area contributed by atoms with Gasteiger partial charge in [0.1, 0.15) is 0 Å². The van der Waals surface area contributed by atoms with Crippen molar-refractivity contribution < 1.29 is 14.3 Å². The number of aromatic nitrogens is 2. The molecular formula is C19H13BrN2O4S. The summed E-state index contributed by atoms with van der Waals surface area (Å²) >= 11 is 4.78. The van der Waals surface area contributed by atoms with Crippen molar-refractivity contribution in [2.45, 2.75) is 6.92 Å². The maximum Gasteiger partial charge on any atom is 0.308 e. The van der Waals surface area contributed by atoms with Crippen LogP contribution in [0.2, 0.25) is 0 Å². The first-order valence-corrected chi connectivity index (χ1v) is 9.56. The van der Waals surface area contributed by atoms with Crippen LogP contribution in [0.15, 0.2) is 45.7 Å². The molecule has 0 aliphatic rings. The first-order chi connectivity index (χ1) is 13.0. The van der Waals surface area contributed by atoms with Crippen molar-refractivity contribution in [2.75, 3.05) is 7.11 Å². The normalized spacial score (nSPS) is 12.0. The second kappa shape index (κ2) is 6.79. The molecule has 8 heteroatoms. The minimum Gasteiger partial charge on any atom is -0.493 e. The number of benzene rings is 2. The molecule has 0 bridgehead atoms. The number of esters is 1. The van der Waals surface area contributed by atoms with E-state index >= 15 is 0 Å². The highest BCUT2D eigenvalue weighted by Gasteiger charge is 2.13. The number of hydrogen-bond acceptors (Lipinski definition) is 6. The third kappa shape index (κ3) is 3.11. The number of methoxy groups -OCH3 is 1. The van der Waals surface area contributed by atoms with Crippen molar-refractivity contribution in [3.8, 4) is 11.5 Å². The topological polar surface area (TPSA) is 69.9 Å². The van der Waals surface area contributed by atoms with Gasteiger partial charge < -0.3 is 9.47 Å². The van der Waals surface area contributed by atoms with Gasteiger partial charge in [0.2, 0.25) is 0 Å². The van der Waals surface area contributed by atoms with Crippen LogP contribution in [0.5, 0.6) is 11.5 Å². The van der Waals surface area contributed by atoms with Gasteiger partial charge in [-0.2, -0.15) is 0 Å². The van der Waals surface area contributed by atoms with Crippen LogP contribution in [0, 0.1) is 0 Å². The first-order valence-electron chi connectivity index (χ1n) is 7.95. The number of rotatable bonds is 3. The predicted molar refractivity (Wildman–Crippen MR) is 108 cm³/mol. The Morgan fingerprint density at radius 1 is 1.26 bits per heavy atom. The van der Waals surface area contributed by atoms with Crippen LogP contribution in [0.4, 0.5) is 0 Å². The molecule has 4 aromatic rings. The van der Waals surface area contributed by atoms with E-state index in [9.17, 15) is 9.59 Å². The zero-order valence-electron chi connectivity index (χ0n) is 14.4. The minimum atomic E-state index is -0.440. The smallest absolute Gasteiger partial charge is 0.308 e. The van der Waals surface area contributed by atoms with Gasteiger partial charge in [0.25, 0.3) is 5.56 Å². The van der Waals surface area contributed by atoms with E-state index in [0.29, 0.717) is 25.5 Å². The van der Waals surface area contributed by atoms with E-state index in [0.717, 1.165) is 16.6 Å². The van der Waals surface area contributed by atoms with E-state index in [1.807, 2.05) is 24.3 Å². The number of carbonyl (C=O) groups excluding carboxylic acids is 1. The number of carbonyl (C=O) groups is 1. The fourth-order valence-corrected chi connectivity index (χ4v) is 4.22. The molecule has 0 spiro atoms. The number of nitrogens with zero attached hydrogens (tertiary/aromatic N) is 2. The number of halogens is 1. The van der Waals surface area contributed by atoms with Crippen molar-refractivity contribution in [3.05, 3.63) is 61.3 Å². The number of para-hydroxylation sites is 2. The lowest BCUT2D eigenvalue weighted by Crippen LogP contribution is -2.22. The molecule has 2 aromatic heterocycles. The van der Waals surface area contributed by atoms with Gasteiger partial charge in [-0.25, -0.2) is 9.38 Å². The zero-order chi connectivity index (χ0) is 19.1. The van der Waals surface area contributed by atoms with Gasteiger partial charge in [-0.1, -0.05) is 39.4 Å². The maximum absolute atomic E-state index is 12.9. The van der Waals surface area contributed by atoms with Crippen molar-refractivity contribution in [3.63, 3.8) is 0 Å². The molecule has 0 fully saturated rings. The molecule has 0 unspecified atom stereocenters. The van der Waals surface area contributed by atoms with Crippen molar-refractivity contribution >= 4 is 55.3 Å². The van der Waals surface area contributed by atoms with E-state index in [2.05, 4.69) is 20.9 Å².